The van der Waals surface area contributed by atoms with Crippen molar-refractivity contribution in [1.29, 1.82) is 0 Å². The highest BCUT2D eigenvalue weighted by Gasteiger charge is 2.44. The molecule has 0 aromatic rings. The van der Waals surface area contributed by atoms with E-state index >= 15 is 0 Å². The van der Waals surface area contributed by atoms with Crippen LogP contribution in [-0.4, -0.2) is 26.6 Å². The second-order valence-corrected chi connectivity index (χ2v) is 4.05. The van der Waals surface area contributed by atoms with E-state index in [1.807, 2.05) is 0 Å². The number of hydrogen-bond acceptors (Lipinski definition) is 2. The van der Waals surface area contributed by atoms with Crippen molar-refractivity contribution >= 4 is 21.9 Å². The van der Waals surface area contributed by atoms with Crippen LogP contribution >= 0.6 is 15.9 Å². The monoisotopic (exact) mass is 222 g/mol. The molecule has 0 amide bonds. The van der Waals surface area contributed by atoms with Gasteiger partial charge in [0.1, 0.15) is 0 Å². The van der Waals surface area contributed by atoms with Crippen LogP contribution in [0.5, 0.6) is 0 Å². The SMILES string of the molecule is O=C(O)[C@@]1(O)CCCC[C@H]1Br. The molecule has 1 rings (SSSR count). The Kier molecular flexibility index (Phi) is 2.54. The van der Waals surface area contributed by atoms with Gasteiger partial charge in [-0.1, -0.05) is 22.4 Å². The van der Waals surface area contributed by atoms with Crippen molar-refractivity contribution in [3.8, 4) is 0 Å². The van der Waals surface area contributed by atoms with Gasteiger partial charge in [0, 0.05) is 0 Å². The zero-order valence-corrected chi connectivity index (χ0v) is 7.67. The Hall–Kier alpha value is -0.0900. The third kappa shape index (κ3) is 1.56. The van der Waals surface area contributed by atoms with Crippen molar-refractivity contribution in [2.24, 2.45) is 0 Å². The van der Waals surface area contributed by atoms with E-state index in [4.69, 9.17) is 5.11 Å². The number of carbonyl (C=O) groups is 1. The van der Waals surface area contributed by atoms with Gasteiger partial charge in [0.25, 0.3) is 0 Å². The minimum absolute atomic E-state index is 0.291. The smallest absolute Gasteiger partial charge is 0.336 e. The molecule has 0 heterocycles. The minimum atomic E-state index is -1.53. The Morgan fingerprint density at radius 2 is 2.18 bits per heavy atom. The molecule has 1 aliphatic carbocycles. The van der Waals surface area contributed by atoms with Crippen molar-refractivity contribution in [3.63, 3.8) is 0 Å². The molecular weight excluding hydrogens is 212 g/mol. The molecule has 2 atom stereocenters. The van der Waals surface area contributed by atoms with Crippen LogP contribution in [-0.2, 0) is 4.79 Å². The first-order valence-corrected chi connectivity index (χ1v) is 4.59. The molecule has 0 unspecified atom stereocenters. The van der Waals surface area contributed by atoms with E-state index < -0.39 is 11.6 Å². The minimum Gasteiger partial charge on any atom is -0.479 e. The summed E-state index contributed by atoms with van der Waals surface area (Å²) in [5.74, 6) is -1.11. The summed E-state index contributed by atoms with van der Waals surface area (Å²) in [5, 5.41) is 18.3. The Labute approximate surface area is 73.5 Å². The van der Waals surface area contributed by atoms with Crippen LogP contribution in [0.2, 0.25) is 0 Å². The fraction of sp³-hybridized carbons (Fsp3) is 0.857. The molecule has 3 nitrogen and oxygen atoms in total. The summed E-state index contributed by atoms with van der Waals surface area (Å²) in [7, 11) is 0. The van der Waals surface area contributed by atoms with Crippen molar-refractivity contribution in [1.82, 2.24) is 0 Å². The average molecular weight is 223 g/mol. The molecular formula is C7H11BrO3. The fourth-order valence-electron chi connectivity index (χ4n) is 1.35. The van der Waals surface area contributed by atoms with Gasteiger partial charge >= 0.3 is 5.97 Å². The third-order valence-corrected chi connectivity index (χ3v) is 3.37. The number of hydrogen-bond donors (Lipinski definition) is 2. The highest BCUT2D eigenvalue weighted by Crippen LogP contribution is 2.33. The topological polar surface area (TPSA) is 57.5 Å². The summed E-state index contributed by atoms with van der Waals surface area (Å²) in [4.78, 5) is 10.3. The number of alkyl halides is 1. The van der Waals surface area contributed by atoms with E-state index in [9.17, 15) is 9.90 Å². The summed E-state index contributed by atoms with van der Waals surface area (Å²) >= 11 is 3.18. The molecule has 0 radical (unpaired) electrons. The van der Waals surface area contributed by atoms with Gasteiger partial charge in [-0.05, 0) is 19.3 Å². The van der Waals surface area contributed by atoms with Crippen molar-refractivity contribution in [2.75, 3.05) is 0 Å². The van der Waals surface area contributed by atoms with Gasteiger partial charge in [0.2, 0.25) is 0 Å². The van der Waals surface area contributed by atoms with E-state index in [1.54, 1.807) is 0 Å². The number of aliphatic carboxylic acids is 1. The maximum absolute atomic E-state index is 10.6. The lowest BCUT2D eigenvalue weighted by Gasteiger charge is -2.32. The number of rotatable bonds is 1. The van der Waals surface area contributed by atoms with Gasteiger partial charge in [0.15, 0.2) is 5.60 Å². The molecule has 1 fully saturated rings. The van der Waals surface area contributed by atoms with Crippen LogP contribution in [0.4, 0.5) is 0 Å². The summed E-state index contributed by atoms with van der Waals surface area (Å²) in [6.45, 7) is 0. The van der Waals surface area contributed by atoms with Gasteiger partial charge in [-0.25, -0.2) is 4.79 Å². The lowest BCUT2D eigenvalue weighted by Crippen LogP contribution is -2.48. The first-order valence-electron chi connectivity index (χ1n) is 3.67. The number of aliphatic hydroxyl groups is 1. The van der Waals surface area contributed by atoms with Crippen LogP contribution < -0.4 is 0 Å². The Morgan fingerprint density at radius 1 is 1.55 bits per heavy atom. The summed E-state index contributed by atoms with van der Waals surface area (Å²) < 4.78 is 0. The van der Waals surface area contributed by atoms with E-state index in [2.05, 4.69) is 15.9 Å². The van der Waals surface area contributed by atoms with Crippen LogP contribution in [0.15, 0.2) is 0 Å². The molecule has 4 heteroatoms. The second kappa shape index (κ2) is 3.11. The largest absolute Gasteiger partial charge is 0.479 e. The first kappa shape index (κ1) is 9.00. The molecule has 0 aromatic heterocycles. The van der Waals surface area contributed by atoms with Gasteiger partial charge in [-0.3, -0.25) is 0 Å². The van der Waals surface area contributed by atoms with Crippen LogP contribution in [0.25, 0.3) is 0 Å². The van der Waals surface area contributed by atoms with Gasteiger partial charge in [0.05, 0.1) is 4.83 Å². The molecule has 0 bridgehead atoms. The average Bonchev–Trinajstić information content (AvgIpc) is 1.95. The fourth-order valence-corrected chi connectivity index (χ4v) is 2.10. The summed E-state index contributed by atoms with van der Waals surface area (Å²) in [6, 6.07) is 0. The number of carboxylic acid groups (broad SMARTS) is 1. The van der Waals surface area contributed by atoms with E-state index in [0.717, 1.165) is 19.3 Å². The maximum atomic E-state index is 10.6. The van der Waals surface area contributed by atoms with E-state index in [-0.39, 0.29) is 4.83 Å². The second-order valence-electron chi connectivity index (χ2n) is 2.94. The van der Waals surface area contributed by atoms with Crippen molar-refractivity contribution in [2.45, 2.75) is 36.1 Å². The summed E-state index contributed by atoms with van der Waals surface area (Å²) in [5.41, 5.74) is -1.53. The standard InChI is InChI=1S/C7H11BrO3/c8-5-3-1-2-4-7(5,11)6(9)10/h5,11H,1-4H2,(H,9,10)/t5-,7-/m1/s1. The molecule has 2 N–H and O–H groups in total. The Morgan fingerprint density at radius 3 is 2.55 bits per heavy atom. The normalized spacial score (nSPS) is 38.5. The van der Waals surface area contributed by atoms with Crippen LogP contribution in [0, 0.1) is 0 Å². The van der Waals surface area contributed by atoms with Gasteiger partial charge in [-0.15, -0.1) is 0 Å². The summed E-state index contributed by atoms with van der Waals surface area (Å²) in [6.07, 6.45) is 2.89. The van der Waals surface area contributed by atoms with Crippen molar-refractivity contribution in [3.05, 3.63) is 0 Å². The molecule has 1 aliphatic rings. The molecule has 0 saturated heterocycles. The quantitative estimate of drug-likeness (QED) is 0.655. The Balaban J connectivity index is 2.72. The highest BCUT2D eigenvalue weighted by molar-refractivity contribution is 9.09. The van der Waals surface area contributed by atoms with Gasteiger partial charge in [-0.2, -0.15) is 0 Å². The molecule has 64 valence electrons. The molecule has 1 saturated carbocycles. The van der Waals surface area contributed by atoms with Crippen LogP contribution in [0.3, 0.4) is 0 Å². The predicted molar refractivity (Wildman–Crippen MR) is 43.8 cm³/mol. The Bertz CT molecular complexity index is 171. The van der Waals surface area contributed by atoms with Crippen molar-refractivity contribution < 1.29 is 15.0 Å². The molecule has 11 heavy (non-hydrogen) atoms. The highest BCUT2D eigenvalue weighted by atomic mass is 79.9. The van der Waals surface area contributed by atoms with E-state index in [0.29, 0.717) is 6.42 Å². The number of halogens is 1. The molecule has 0 aromatic carbocycles. The molecule has 0 aliphatic heterocycles. The van der Waals surface area contributed by atoms with E-state index in [1.165, 1.54) is 0 Å². The van der Waals surface area contributed by atoms with Gasteiger partial charge < -0.3 is 10.2 Å². The predicted octanol–water partition coefficient (Wildman–Crippen LogP) is 1.14. The molecule has 0 spiro atoms. The lowest BCUT2D eigenvalue weighted by atomic mass is 9.85. The lowest BCUT2D eigenvalue weighted by molar-refractivity contribution is -0.160. The zero-order valence-electron chi connectivity index (χ0n) is 6.09. The third-order valence-electron chi connectivity index (χ3n) is 2.15. The zero-order chi connectivity index (χ0) is 8.48. The first-order chi connectivity index (χ1) is 5.07. The maximum Gasteiger partial charge on any atom is 0.336 e. The number of carboxylic acids is 1. The van der Waals surface area contributed by atoms with Crippen LogP contribution in [0.1, 0.15) is 25.7 Å².